The molecule has 5 heteroatoms. The summed E-state index contributed by atoms with van der Waals surface area (Å²) in [6.07, 6.45) is 5.91. The number of nitrogens with one attached hydrogen (secondary N) is 1. The number of hydrogen-bond acceptors (Lipinski definition) is 4. The third-order valence-corrected chi connectivity index (χ3v) is 7.93. The summed E-state index contributed by atoms with van der Waals surface area (Å²) in [5.74, 6) is 1.08. The van der Waals surface area contributed by atoms with Crippen molar-refractivity contribution in [3.05, 3.63) is 89.5 Å². The minimum absolute atomic E-state index is 0.422. The van der Waals surface area contributed by atoms with Gasteiger partial charge in [-0.25, -0.2) is 0 Å². The van der Waals surface area contributed by atoms with Crippen LogP contribution in [0.5, 0.6) is 0 Å². The van der Waals surface area contributed by atoms with Crippen molar-refractivity contribution >= 4 is 11.6 Å². The van der Waals surface area contributed by atoms with Gasteiger partial charge in [0.05, 0.1) is 0 Å². The van der Waals surface area contributed by atoms with Crippen LogP contribution in [-0.2, 0) is 6.42 Å². The third kappa shape index (κ3) is 5.97. The Kier molecular flexibility index (Phi) is 7.69. The summed E-state index contributed by atoms with van der Waals surface area (Å²) in [7, 11) is 0. The van der Waals surface area contributed by atoms with Gasteiger partial charge in [0.25, 0.3) is 0 Å². The maximum Gasteiger partial charge on any atom is 0.249 e. The van der Waals surface area contributed by atoms with Crippen LogP contribution in [0.2, 0.25) is 0 Å². The van der Waals surface area contributed by atoms with Crippen LogP contribution < -0.4 is 16.8 Å². The molecule has 1 aliphatic heterocycles. The molecule has 0 radical (unpaired) electrons. The summed E-state index contributed by atoms with van der Waals surface area (Å²) in [5.41, 5.74) is 17.4. The number of carbonyl (C=O) groups excluding carboxylic acids is 1. The lowest BCUT2D eigenvalue weighted by Gasteiger charge is -2.32. The highest BCUT2D eigenvalue weighted by molar-refractivity contribution is 6.01. The molecule has 2 atom stereocenters. The molecule has 1 saturated carbocycles. The van der Waals surface area contributed by atoms with Gasteiger partial charge in [0.1, 0.15) is 0 Å². The normalized spacial score (nSPS) is 20.3. The highest BCUT2D eigenvalue weighted by Crippen LogP contribution is 2.40. The molecule has 0 spiro atoms. The van der Waals surface area contributed by atoms with E-state index in [9.17, 15) is 4.79 Å². The van der Waals surface area contributed by atoms with E-state index >= 15 is 0 Å². The largest absolute Gasteiger partial charge is 0.398 e. The number of benzene rings is 3. The Morgan fingerprint density at radius 1 is 0.944 bits per heavy atom. The van der Waals surface area contributed by atoms with Gasteiger partial charge in [0.15, 0.2) is 0 Å². The quantitative estimate of drug-likeness (QED) is 0.362. The van der Waals surface area contributed by atoms with E-state index in [1.54, 1.807) is 0 Å². The molecule has 2 unspecified atom stereocenters. The fraction of sp³-hybridized carbons (Fsp3) is 0.387. The predicted molar refractivity (Wildman–Crippen MR) is 148 cm³/mol. The lowest BCUT2D eigenvalue weighted by Crippen LogP contribution is -2.38. The molecule has 1 saturated heterocycles. The minimum atomic E-state index is -0.422. The molecular weight excluding hydrogens is 444 g/mol. The number of amides is 1. The Morgan fingerprint density at radius 2 is 1.69 bits per heavy atom. The first-order valence-corrected chi connectivity index (χ1v) is 13.4. The Bertz CT molecular complexity index is 1170. The standard InChI is InChI=1S/C31H38N4O/c32-29-11-5-4-10-25(29)28-19-22(12-13-26(28)31(33)36)7-6-16-35-17-14-23(15-18-35)21-34-30-20-27(30)24-8-2-1-3-9-24/h1-5,8-13,19,23,27,30,34H,6-7,14-18,20-21,32H2,(H2,33,36). The van der Waals surface area contributed by atoms with Crippen LogP contribution in [0.1, 0.15) is 53.1 Å². The van der Waals surface area contributed by atoms with Crippen molar-refractivity contribution < 1.29 is 4.79 Å². The monoisotopic (exact) mass is 482 g/mol. The molecule has 1 amide bonds. The van der Waals surface area contributed by atoms with Gasteiger partial charge in [0, 0.05) is 28.8 Å². The van der Waals surface area contributed by atoms with Crippen molar-refractivity contribution in [2.45, 2.75) is 44.1 Å². The molecule has 5 N–H and O–H groups in total. The van der Waals surface area contributed by atoms with E-state index < -0.39 is 5.91 Å². The summed E-state index contributed by atoms with van der Waals surface area (Å²) in [5, 5.41) is 3.83. The first-order valence-electron chi connectivity index (χ1n) is 13.4. The lowest BCUT2D eigenvalue weighted by molar-refractivity contribution is 0.100. The highest BCUT2D eigenvalue weighted by Gasteiger charge is 2.38. The zero-order valence-corrected chi connectivity index (χ0v) is 21.0. The number of para-hydroxylation sites is 1. The van der Waals surface area contributed by atoms with E-state index in [1.165, 1.54) is 43.5 Å². The molecule has 1 aliphatic carbocycles. The molecular formula is C31H38N4O. The van der Waals surface area contributed by atoms with E-state index in [2.05, 4.69) is 46.6 Å². The Balaban J connectivity index is 1.06. The molecule has 2 fully saturated rings. The molecule has 5 rings (SSSR count). The van der Waals surface area contributed by atoms with Crippen LogP contribution in [0.25, 0.3) is 11.1 Å². The number of rotatable bonds is 10. The fourth-order valence-corrected chi connectivity index (χ4v) is 5.66. The molecule has 5 nitrogen and oxygen atoms in total. The molecule has 188 valence electrons. The molecule has 1 heterocycles. The molecule has 3 aromatic rings. The second kappa shape index (κ2) is 11.3. The van der Waals surface area contributed by atoms with Gasteiger partial charge in [-0.1, -0.05) is 60.7 Å². The maximum absolute atomic E-state index is 12.0. The number of hydrogen-bond donors (Lipinski definition) is 3. The molecule has 0 aromatic heterocycles. The zero-order chi connectivity index (χ0) is 24.9. The van der Waals surface area contributed by atoms with Crippen molar-refractivity contribution in [2.75, 3.05) is 31.9 Å². The SMILES string of the molecule is NC(=O)c1ccc(CCCN2CCC(CNC3CC3c3ccccc3)CC2)cc1-c1ccccc1N. The molecule has 2 aliphatic rings. The number of piperidine rings is 1. The van der Waals surface area contributed by atoms with Gasteiger partial charge in [-0.3, -0.25) is 4.79 Å². The van der Waals surface area contributed by atoms with Crippen LogP contribution in [0, 0.1) is 5.92 Å². The van der Waals surface area contributed by atoms with Crippen LogP contribution in [0.15, 0.2) is 72.8 Å². The zero-order valence-electron chi connectivity index (χ0n) is 21.0. The van der Waals surface area contributed by atoms with E-state index in [-0.39, 0.29) is 0 Å². The number of likely N-dealkylation sites (tertiary alicyclic amines) is 1. The lowest BCUT2D eigenvalue weighted by atomic mass is 9.94. The summed E-state index contributed by atoms with van der Waals surface area (Å²) >= 11 is 0. The average Bonchev–Trinajstić information content (AvgIpc) is 3.69. The number of carbonyl (C=O) groups is 1. The maximum atomic E-state index is 12.0. The summed E-state index contributed by atoms with van der Waals surface area (Å²) in [6.45, 7) is 4.63. The van der Waals surface area contributed by atoms with Crippen molar-refractivity contribution in [1.29, 1.82) is 0 Å². The first kappa shape index (κ1) is 24.5. The molecule has 36 heavy (non-hydrogen) atoms. The average molecular weight is 483 g/mol. The van der Waals surface area contributed by atoms with Gasteiger partial charge in [-0.2, -0.15) is 0 Å². The van der Waals surface area contributed by atoms with Crippen molar-refractivity contribution in [2.24, 2.45) is 11.7 Å². The van der Waals surface area contributed by atoms with Gasteiger partial charge in [-0.05, 0) is 93.0 Å². The van der Waals surface area contributed by atoms with Crippen molar-refractivity contribution in [3.8, 4) is 11.1 Å². The summed E-state index contributed by atoms with van der Waals surface area (Å²) in [4.78, 5) is 14.6. The smallest absolute Gasteiger partial charge is 0.249 e. The number of nitrogens with two attached hydrogens (primary N) is 2. The van der Waals surface area contributed by atoms with E-state index in [0.717, 1.165) is 43.0 Å². The van der Waals surface area contributed by atoms with E-state index in [0.29, 0.717) is 23.2 Å². The highest BCUT2D eigenvalue weighted by atomic mass is 16.1. The van der Waals surface area contributed by atoms with E-state index in [1.807, 2.05) is 36.4 Å². The second-order valence-corrected chi connectivity index (χ2v) is 10.5. The first-order chi connectivity index (χ1) is 17.6. The molecule has 3 aromatic carbocycles. The Morgan fingerprint density at radius 3 is 2.44 bits per heavy atom. The summed E-state index contributed by atoms with van der Waals surface area (Å²) < 4.78 is 0. The number of primary amides is 1. The predicted octanol–water partition coefficient (Wildman–Crippen LogP) is 4.83. The van der Waals surface area contributed by atoms with Crippen LogP contribution in [0.4, 0.5) is 5.69 Å². The molecule has 0 bridgehead atoms. The van der Waals surface area contributed by atoms with Crippen LogP contribution >= 0.6 is 0 Å². The van der Waals surface area contributed by atoms with Gasteiger partial charge in [0.2, 0.25) is 5.91 Å². The Hall–Kier alpha value is -3.15. The van der Waals surface area contributed by atoms with Crippen molar-refractivity contribution in [3.63, 3.8) is 0 Å². The number of nitrogen functional groups attached to an aromatic ring is 1. The fourth-order valence-electron chi connectivity index (χ4n) is 5.66. The van der Waals surface area contributed by atoms with Gasteiger partial charge in [-0.15, -0.1) is 0 Å². The van der Waals surface area contributed by atoms with E-state index in [4.69, 9.17) is 11.5 Å². The number of aryl methyl sites for hydroxylation is 1. The van der Waals surface area contributed by atoms with Crippen molar-refractivity contribution in [1.82, 2.24) is 10.2 Å². The third-order valence-electron chi connectivity index (χ3n) is 7.93. The van der Waals surface area contributed by atoms with Gasteiger partial charge < -0.3 is 21.7 Å². The number of nitrogens with zero attached hydrogens (tertiary/aromatic N) is 1. The minimum Gasteiger partial charge on any atom is -0.398 e. The summed E-state index contributed by atoms with van der Waals surface area (Å²) in [6, 6.07) is 25.2. The number of anilines is 1. The van der Waals surface area contributed by atoms with Gasteiger partial charge >= 0.3 is 0 Å². The Labute approximate surface area is 214 Å². The van der Waals surface area contributed by atoms with Crippen LogP contribution in [0.3, 0.4) is 0 Å². The second-order valence-electron chi connectivity index (χ2n) is 10.5. The van der Waals surface area contributed by atoms with Crippen LogP contribution in [-0.4, -0.2) is 43.0 Å². The topological polar surface area (TPSA) is 84.4 Å².